The molecule has 0 heterocycles. The van der Waals surface area contributed by atoms with Gasteiger partial charge in [-0.3, -0.25) is 9.35 Å². The van der Waals surface area contributed by atoms with E-state index in [9.17, 15) is 28.0 Å². The number of hydrogen-bond donors (Lipinski definition) is 4. The van der Waals surface area contributed by atoms with E-state index >= 15 is 0 Å². The first kappa shape index (κ1) is 50.0. The molecule has 0 spiro atoms. The molecule has 4 N–H and O–H groups in total. The summed E-state index contributed by atoms with van der Waals surface area (Å²) >= 11 is 0. The lowest BCUT2D eigenvalue weighted by atomic mass is 10.0. The second-order valence-corrected chi connectivity index (χ2v) is 17.0. The highest BCUT2D eigenvalue weighted by Gasteiger charge is 2.27. The van der Waals surface area contributed by atoms with Crippen LogP contribution in [-0.2, 0) is 14.9 Å². The van der Waals surface area contributed by atoms with Crippen LogP contribution in [-0.4, -0.2) is 53.1 Å². The Labute approximate surface area is 316 Å². The van der Waals surface area contributed by atoms with Gasteiger partial charge in [-0.05, 0) is 19.3 Å². The predicted molar refractivity (Wildman–Crippen MR) is 218 cm³/mol. The molecule has 0 radical (unpaired) electrons. The second kappa shape index (κ2) is 37.4. The van der Waals surface area contributed by atoms with Crippen molar-refractivity contribution in [3.8, 4) is 0 Å². The van der Waals surface area contributed by atoms with Crippen LogP contribution < -0.4 is 5.32 Å². The zero-order valence-corrected chi connectivity index (χ0v) is 34.4. The van der Waals surface area contributed by atoms with Crippen molar-refractivity contribution in [2.75, 3.05) is 5.75 Å². The molecule has 3 unspecified atom stereocenters. The quantitative estimate of drug-likeness (QED) is 0.0281. The summed E-state index contributed by atoms with van der Waals surface area (Å²) in [6, 6.07) is -1.23. The first-order valence-electron chi connectivity index (χ1n) is 22.0. The van der Waals surface area contributed by atoms with Crippen LogP contribution in [0.1, 0.15) is 232 Å². The highest BCUT2D eigenvalue weighted by Crippen LogP contribution is 2.16. The van der Waals surface area contributed by atoms with E-state index in [1.807, 2.05) is 6.08 Å². The van der Waals surface area contributed by atoms with E-state index in [0.29, 0.717) is 6.42 Å². The number of rotatable bonds is 40. The highest BCUT2D eigenvalue weighted by molar-refractivity contribution is 7.85. The molecule has 0 rings (SSSR count). The molecule has 0 fully saturated rings. The van der Waals surface area contributed by atoms with Gasteiger partial charge in [0.25, 0.3) is 10.1 Å². The Morgan fingerprint density at radius 1 is 0.529 bits per heavy atom. The number of unbranched alkanes of at least 4 members (excludes halogenated alkanes) is 31. The minimum atomic E-state index is -4.44. The molecule has 51 heavy (non-hydrogen) atoms. The SMILES string of the molecule is CCCCCCCCCCCCCCCCCCCC/C=C/C(O)C(CS(=O)(=O)O)NC(=O)C(O)CCCCCCCCCCCCCCCC. The van der Waals surface area contributed by atoms with Crippen LogP contribution >= 0.6 is 0 Å². The van der Waals surface area contributed by atoms with Crippen LogP contribution in [0.3, 0.4) is 0 Å². The van der Waals surface area contributed by atoms with E-state index in [0.717, 1.165) is 38.5 Å². The van der Waals surface area contributed by atoms with Gasteiger partial charge in [0.05, 0.1) is 17.9 Å². The largest absolute Gasteiger partial charge is 0.387 e. The molecule has 0 aromatic carbocycles. The third-order valence-electron chi connectivity index (χ3n) is 10.3. The maximum Gasteiger partial charge on any atom is 0.267 e. The molecule has 3 atom stereocenters. The Bertz CT molecular complexity index is 880. The van der Waals surface area contributed by atoms with Crippen molar-refractivity contribution in [1.29, 1.82) is 0 Å². The average Bonchev–Trinajstić information content (AvgIpc) is 3.09. The minimum absolute atomic E-state index is 0.285. The number of amides is 1. The number of hydrogen-bond acceptors (Lipinski definition) is 5. The number of nitrogens with one attached hydrogen (secondary N) is 1. The number of aliphatic hydroxyl groups excluding tert-OH is 2. The fourth-order valence-corrected chi connectivity index (χ4v) is 7.66. The van der Waals surface area contributed by atoms with Crippen molar-refractivity contribution < 1.29 is 28.0 Å². The van der Waals surface area contributed by atoms with Gasteiger partial charge >= 0.3 is 0 Å². The summed E-state index contributed by atoms with van der Waals surface area (Å²) in [6.45, 7) is 4.52. The van der Waals surface area contributed by atoms with Gasteiger partial charge in [0.2, 0.25) is 5.91 Å². The van der Waals surface area contributed by atoms with Gasteiger partial charge in [0.1, 0.15) is 6.10 Å². The van der Waals surface area contributed by atoms with E-state index < -0.39 is 40.0 Å². The van der Waals surface area contributed by atoms with Gasteiger partial charge in [-0.2, -0.15) is 8.42 Å². The minimum Gasteiger partial charge on any atom is -0.387 e. The van der Waals surface area contributed by atoms with Crippen LogP contribution in [0.5, 0.6) is 0 Å². The zero-order valence-electron chi connectivity index (χ0n) is 33.6. The Kier molecular flexibility index (Phi) is 36.7. The fourth-order valence-electron chi connectivity index (χ4n) is 6.93. The molecular weight excluding hydrogens is 659 g/mol. The summed E-state index contributed by atoms with van der Waals surface area (Å²) in [7, 11) is -4.44. The second-order valence-electron chi connectivity index (χ2n) is 15.5. The lowest BCUT2D eigenvalue weighted by molar-refractivity contribution is -0.130. The molecule has 0 aliphatic rings. The summed E-state index contributed by atoms with van der Waals surface area (Å²) in [5.41, 5.74) is 0. The molecule has 0 aromatic heterocycles. The number of carbonyl (C=O) groups excluding carboxylic acids is 1. The van der Waals surface area contributed by atoms with E-state index in [2.05, 4.69) is 19.2 Å². The highest BCUT2D eigenvalue weighted by atomic mass is 32.2. The third kappa shape index (κ3) is 37.2. The molecule has 0 aliphatic carbocycles. The standard InChI is InChI=1S/C43H85NO6S/c1-3-5-7-9-11-13-15-17-19-20-21-22-23-24-26-27-29-31-33-35-37-41(45)40(39-51(48,49)50)44-43(47)42(46)38-36-34-32-30-28-25-18-16-14-12-10-8-6-4-2/h35,37,40-42,45-46H,3-34,36,38-39H2,1-2H3,(H,44,47)(H,48,49,50)/b37-35+. The van der Waals surface area contributed by atoms with Crippen molar-refractivity contribution in [2.45, 2.75) is 250 Å². The Morgan fingerprint density at radius 3 is 1.18 bits per heavy atom. The molecule has 0 aliphatic heterocycles. The maximum absolute atomic E-state index is 12.6. The molecule has 0 saturated carbocycles. The lowest BCUT2D eigenvalue weighted by Crippen LogP contribution is -2.50. The van der Waals surface area contributed by atoms with Crippen molar-refractivity contribution in [2.24, 2.45) is 0 Å². The third-order valence-corrected chi connectivity index (χ3v) is 11.1. The van der Waals surface area contributed by atoms with Gasteiger partial charge < -0.3 is 15.5 Å². The van der Waals surface area contributed by atoms with Crippen LogP contribution in [0, 0.1) is 0 Å². The summed E-state index contributed by atoms with van der Waals surface area (Å²) < 4.78 is 32.6. The van der Waals surface area contributed by atoms with Gasteiger partial charge in [-0.15, -0.1) is 0 Å². The van der Waals surface area contributed by atoms with Crippen molar-refractivity contribution >= 4 is 16.0 Å². The summed E-state index contributed by atoms with van der Waals surface area (Å²) in [5, 5.41) is 23.4. The van der Waals surface area contributed by atoms with Gasteiger partial charge in [0.15, 0.2) is 0 Å². The maximum atomic E-state index is 12.6. The van der Waals surface area contributed by atoms with Crippen LogP contribution in [0.25, 0.3) is 0 Å². The van der Waals surface area contributed by atoms with E-state index in [-0.39, 0.29) is 6.42 Å². The van der Waals surface area contributed by atoms with E-state index in [1.165, 1.54) is 173 Å². The van der Waals surface area contributed by atoms with E-state index in [4.69, 9.17) is 0 Å². The van der Waals surface area contributed by atoms with Crippen molar-refractivity contribution in [3.05, 3.63) is 12.2 Å². The van der Waals surface area contributed by atoms with Gasteiger partial charge in [0, 0.05) is 0 Å². The first-order chi connectivity index (χ1) is 24.7. The normalized spacial score (nSPS) is 13.9. The molecule has 0 aromatic rings. The van der Waals surface area contributed by atoms with Gasteiger partial charge in [-0.1, -0.05) is 225 Å². The molecule has 0 saturated heterocycles. The van der Waals surface area contributed by atoms with E-state index in [1.54, 1.807) is 0 Å². The number of carbonyl (C=O) groups is 1. The smallest absolute Gasteiger partial charge is 0.267 e. The molecular formula is C43H85NO6S. The van der Waals surface area contributed by atoms with Crippen molar-refractivity contribution in [3.63, 3.8) is 0 Å². The Hall–Kier alpha value is -0.960. The molecule has 7 nitrogen and oxygen atoms in total. The molecule has 0 bridgehead atoms. The lowest BCUT2D eigenvalue weighted by Gasteiger charge is -2.22. The fraction of sp³-hybridized carbons (Fsp3) is 0.930. The zero-order chi connectivity index (χ0) is 37.7. The topological polar surface area (TPSA) is 124 Å². The first-order valence-corrected chi connectivity index (χ1v) is 23.6. The van der Waals surface area contributed by atoms with Crippen LogP contribution in [0.4, 0.5) is 0 Å². The molecule has 1 amide bonds. The number of allylic oxidation sites excluding steroid dienone is 1. The predicted octanol–water partition coefficient (Wildman–Crippen LogP) is 11.9. The average molecular weight is 744 g/mol. The number of aliphatic hydroxyl groups is 2. The molecule has 8 heteroatoms. The Balaban J connectivity index is 3.96. The summed E-state index contributed by atoms with van der Waals surface area (Å²) in [5.74, 6) is -1.52. The van der Waals surface area contributed by atoms with Crippen LogP contribution in [0.2, 0.25) is 0 Å². The van der Waals surface area contributed by atoms with Gasteiger partial charge in [-0.25, -0.2) is 0 Å². The summed E-state index contributed by atoms with van der Waals surface area (Å²) in [6.07, 6.45) is 42.7. The van der Waals surface area contributed by atoms with Crippen LogP contribution in [0.15, 0.2) is 12.2 Å². The molecule has 304 valence electrons. The monoisotopic (exact) mass is 744 g/mol. The summed E-state index contributed by atoms with van der Waals surface area (Å²) in [4.78, 5) is 12.6. The Morgan fingerprint density at radius 2 is 0.843 bits per heavy atom. The van der Waals surface area contributed by atoms with Crippen molar-refractivity contribution in [1.82, 2.24) is 5.32 Å².